The number of ether oxygens (including phenoxy) is 1. The van der Waals surface area contributed by atoms with Gasteiger partial charge in [-0.1, -0.05) is 58.1 Å². The molecule has 0 amide bonds. The van der Waals surface area contributed by atoms with E-state index in [9.17, 15) is 0 Å². The second kappa shape index (κ2) is 10.8. The summed E-state index contributed by atoms with van der Waals surface area (Å²) in [7, 11) is 0. The molecule has 0 unspecified atom stereocenters. The first-order valence-corrected chi connectivity index (χ1v) is 9.39. The van der Waals surface area contributed by atoms with Gasteiger partial charge in [-0.15, -0.1) is 0 Å². The summed E-state index contributed by atoms with van der Waals surface area (Å²) >= 11 is 0. The van der Waals surface area contributed by atoms with Crippen LogP contribution in [0, 0.1) is 0 Å². The molecule has 3 nitrogen and oxygen atoms in total. The molecule has 0 fully saturated rings. The second-order valence-corrected chi connectivity index (χ2v) is 6.23. The SMILES string of the molecule is CCCCCCCc1ccnc(-c2ccccc2OCCCC)n1. The molecule has 0 saturated carbocycles. The van der Waals surface area contributed by atoms with E-state index in [2.05, 4.69) is 18.8 Å². The first-order valence-electron chi connectivity index (χ1n) is 9.39. The van der Waals surface area contributed by atoms with E-state index in [1.807, 2.05) is 36.5 Å². The van der Waals surface area contributed by atoms with Crippen LogP contribution >= 0.6 is 0 Å². The Morgan fingerprint density at radius 2 is 1.67 bits per heavy atom. The number of para-hydroxylation sites is 1. The van der Waals surface area contributed by atoms with Crippen molar-refractivity contribution in [2.45, 2.75) is 65.2 Å². The zero-order valence-electron chi connectivity index (χ0n) is 15.1. The quantitative estimate of drug-likeness (QED) is 0.487. The molecule has 0 bridgehead atoms. The van der Waals surface area contributed by atoms with Crippen LogP contribution in [0.3, 0.4) is 0 Å². The zero-order valence-corrected chi connectivity index (χ0v) is 15.1. The molecule has 0 aliphatic heterocycles. The third-order valence-electron chi connectivity index (χ3n) is 4.13. The van der Waals surface area contributed by atoms with E-state index < -0.39 is 0 Å². The number of unbranched alkanes of at least 4 members (excludes halogenated alkanes) is 5. The predicted octanol–water partition coefficient (Wildman–Crippen LogP) is 5.84. The smallest absolute Gasteiger partial charge is 0.163 e. The highest BCUT2D eigenvalue weighted by molar-refractivity contribution is 5.63. The summed E-state index contributed by atoms with van der Waals surface area (Å²) in [6, 6.07) is 10.1. The fourth-order valence-corrected chi connectivity index (χ4v) is 2.68. The molecule has 2 aromatic rings. The fourth-order valence-electron chi connectivity index (χ4n) is 2.68. The van der Waals surface area contributed by atoms with Crippen LogP contribution in [0.1, 0.15) is 64.5 Å². The molecular weight excluding hydrogens is 296 g/mol. The lowest BCUT2D eigenvalue weighted by Gasteiger charge is -2.11. The average Bonchev–Trinajstić information content (AvgIpc) is 2.62. The number of aromatic nitrogens is 2. The van der Waals surface area contributed by atoms with E-state index in [0.29, 0.717) is 0 Å². The first kappa shape index (κ1) is 18.4. The lowest BCUT2D eigenvalue weighted by Crippen LogP contribution is -2.00. The highest BCUT2D eigenvalue weighted by Crippen LogP contribution is 2.27. The van der Waals surface area contributed by atoms with Crippen molar-refractivity contribution in [3.63, 3.8) is 0 Å². The summed E-state index contributed by atoms with van der Waals surface area (Å²) < 4.78 is 5.92. The third kappa shape index (κ3) is 5.95. The topological polar surface area (TPSA) is 35.0 Å². The van der Waals surface area contributed by atoms with E-state index in [-0.39, 0.29) is 0 Å². The van der Waals surface area contributed by atoms with E-state index in [4.69, 9.17) is 9.72 Å². The van der Waals surface area contributed by atoms with Gasteiger partial charge < -0.3 is 4.74 Å². The van der Waals surface area contributed by atoms with Crippen LogP contribution in [0.15, 0.2) is 36.5 Å². The monoisotopic (exact) mass is 326 g/mol. The Morgan fingerprint density at radius 3 is 2.50 bits per heavy atom. The summed E-state index contributed by atoms with van der Waals surface area (Å²) in [4.78, 5) is 9.22. The van der Waals surface area contributed by atoms with Gasteiger partial charge >= 0.3 is 0 Å². The van der Waals surface area contributed by atoms with Crippen molar-refractivity contribution in [2.24, 2.45) is 0 Å². The fraction of sp³-hybridized carbons (Fsp3) is 0.524. The molecule has 1 aromatic carbocycles. The zero-order chi connectivity index (χ0) is 17.0. The molecular formula is C21H30N2O. The highest BCUT2D eigenvalue weighted by atomic mass is 16.5. The molecule has 1 heterocycles. The minimum Gasteiger partial charge on any atom is -0.493 e. The van der Waals surface area contributed by atoms with Crippen molar-refractivity contribution < 1.29 is 4.74 Å². The summed E-state index contributed by atoms with van der Waals surface area (Å²) in [6.45, 7) is 5.16. The molecule has 2 rings (SSSR count). The predicted molar refractivity (Wildman–Crippen MR) is 100 cm³/mol. The van der Waals surface area contributed by atoms with Crippen LogP contribution in [0.2, 0.25) is 0 Å². The van der Waals surface area contributed by atoms with Gasteiger partial charge in [-0.25, -0.2) is 9.97 Å². The molecule has 0 aliphatic carbocycles. The van der Waals surface area contributed by atoms with Crippen molar-refractivity contribution in [3.8, 4) is 17.1 Å². The summed E-state index contributed by atoms with van der Waals surface area (Å²) in [5, 5.41) is 0. The number of hydrogen-bond acceptors (Lipinski definition) is 3. The van der Waals surface area contributed by atoms with Crippen molar-refractivity contribution in [1.29, 1.82) is 0 Å². The number of rotatable bonds is 11. The summed E-state index contributed by atoms with van der Waals surface area (Å²) in [5.74, 6) is 1.65. The number of aryl methyl sites for hydroxylation is 1. The maximum absolute atomic E-state index is 5.92. The number of hydrogen-bond donors (Lipinski definition) is 0. The van der Waals surface area contributed by atoms with Gasteiger partial charge in [-0.2, -0.15) is 0 Å². The van der Waals surface area contributed by atoms with Gasteiger partial charge in [0.1, 0.15) is 5.75 Å². The maximum Gasteiger partial charge on any atom is 0.163 e. The van der Waals surface area contributed by atoms with Crippen LogP contribution in [-0.4, -0.2) is 16.6 Å². The Labute approximate surface area is 146 Å². The second-order valence-electron chi connectivity index (χ2n) is 6.23. The van der Waals surface area contributed by atoms with Crippen molar-refractivity contribution in [2.75, 3.05) is 6.61 Å². The Bertz CT molecular complexity index is 598. The van der Waals surface area contributed by atoms with E-state index in [1.54, 1.807) is 0 Å². The van der Waals surface area contributed by atoms with Crippen LogP contribution in [0.4, 0.5) is 0 Å². The van der Waals surface area contributed by atoms with Gasteiger partial charge in [0.25, 0.3) is 0 Å². The number of nitrogens with zero attached hydrogens (tertiary/aromatic N) is 2. The van der Waals surface area contributed by atoms with Crippen LogP contribution in [0.5, 0.6) is 5.75 Å². The molecule has 0 atom stereocenters. The van der Waals surface area contributed by atoms with Gasteiger partial charge in [0, 0.05) is 11.9 Å². The first-order chi connectivity index (χ1) is 11.8. The van der Waals surface area contributed by atoms with Crippen LogP contribution < -0.4 is 4.74 Å². The van der Waals surface area contributed by atoms with Gasteiger partial charge in [0.05, 0.1) is 12.2 Å². The third-order valence-corrected chi connectivity index (χ3v) is 4.13. The molecule has 0 spiro atoms. The van der Waals surface area contributed by atoms with Gasteiger partial charge in [0.2, 0.25) is 0 Å². The molecule has 0 N–H and O–H groups in total. The molecule has 0 radical (unpaired) electrons. The molecule has 1 aromatic heterocycles. The normalized spacial score (nSPS) is 10.8. The van der Waals surface area contributed by atoms with Crippen molar-refractivity contribution >= 4 is 0 Å². The van der Waals surface area contributed by atoms with Crippen LogP contribution in [0.25, 0.3) is 11.4 Å². The Hall–Kier alpha value is -1.90. The Morgan fingerprint density at radius 1 is 0.875 bits per heavy atom. The minimum atomic E-state index is 0.741. The van der Waals surface area contributed by atoms with Crippen molar-refractivity contribution in [1.82, 2.24) is 9.97 Å². The largest absolute Gasteiger partial charge is 0.493 e. The Balaban J connectivity index is 2.02. The Kier molecular flexibility index (Phi) is 8.29. The molecule has 0 aliphatic rings. The lowest BCUT2D eigenvalue weighted by molar-refractivity contribution is 0.310. The average molecular weight is 326 g/mol. The number of benzene rings is 1. The van der Waals surface area contributed by atoms with Crippen LogP contribution in [-0.2, 0) is 6.42 Å². The highest BCUT2D eigenvalue weighted by Gasteiger charge is 2.09. The molecule has 24 heavy (non-hydrogen) atoms. The summed E-state index contributed by atoms with van der Waals surface area (Å²) in [5.41, 5.74) is 2.11. The maximum atomic E-state index is 5.92. The van der Waals surface area contributed by atoms with Gasteiger partial charge in [-0.3, -0.25) is 0 Å². The van der Waals surface area contributed by atoms with E-state index in [1.165, 1.54) is 32.1 Å². The lowest BCUT2D eigenvalue weighted by atomic mass is 10.1. The minimum absolute atomic E-state index is 0.741. The standard InChI is InChI=1S/C21H30N2O/c1-3-5-7-8-9-12-18-15-16-22-21(23-18)19-13-10-11-14-20(19)24-17-6-4-2/h10-11,13-16H,3-9,12,17H2,1-2H3. The van der Waals surface area contributed by atoms with Gasteiger partial charge in [-0.05, 0) is 37.5 Å². The summed E-state index contributed by atoms with van der Waals surface area (Å²) in [6.07, 6.45) is 11.5. The molecule has 130 valence electrons. The van der Waals surface area contributed by atoms with Gasteiger partial charge in [0.15, 0.2) is 5.82 Å². The molecule has 0 saturated heterocycles. The molecule has 3 heteroatoms. The van der Waals surface area contributed by atoms with E-state index in [0.717, 1.165) is 48.7 Å². The van der Waals surface area contributed by atoms with E-state index >= 15 is 0 Å². The van der Waals surface area contributed by atoms with Crippen molar-refractivity contribution in [3.05, 3.63) is 42.2 Å².